The van der Waals surface area contributed by atoms with Gasteiger partial charge >= 0.3 is 0 Å². The smallest absolute Gasteiger partial charge is 0.275 e. The van der Waals surface area contributed by atoms with Crippen molar-refractivity contribution in [3.05, 3.63) is 68.5 Å². The molecule has 0 bridgehead atoms. The molecular weight excluding hydrogens is 283 g/mol. The number of hydrogen-bond acceptors (Lipinski definition) is 3. The van der Waals surface area contributed by atoms with E-state index in [0.717, 1.165) is 0 Å². The highest BCUT2D eigenvalue weighted by Gasteiger charge is 2.13. The van der Waals surface area contributed by atoms with Crippen molar-refractivity contribution in [2.24, 2.45) is 0 Å². The van der Waals surface area contributed by atoms with E-state index in [1.54, 1.807) is 31.2 Å². The molecule has 2 rings (SSSR count). The Labute approximate surface area is 120 Å². The molecule has 2 aromatic carbocycles. The number of nitro benzene ring substituents is 1. The van der Waals surface area contributed by atoms with Gasteiger partial charge < -0.3 is 5.32 Å². The molecule has 0 aliphatic heterocycles. The Bertz CT molecular complexity index is 662. The van der Waals surface area contributed by atoms with E-state index in [1.165, 1.54) is 12.1 Å². The fourth-order valence-electron chi connectivity index (χ4n) is 1.81. The number of benzene rings is 2. The first-order valence-corrected chi connectivity index (χ1v) is 6.28. The molecule has 0 aliphatic carbocycles. The van der Waals surface area contributed by atoms with Crippen molar-refractivity contribution in [1.82, 2.24) is 0 Å². The van der Waals surface area contributed by atoms with Crippen LogP contribution < -0.4 is 5.32 Å². The normalized spacial score (nSPS) is 10.3. The van der Waals surface area contributed by atoms with Crippen molar-refractivity contribution >= 4 is 23.0 Å². The molecule has 0 aromatic heterocycles. The average molecular weight is 295 g/mol. The first-order valence-electron chi connectivity index (χ1n) is 5.90. The molecule has 0 amide bonds. The molecule has 6 heteroatoms. The fourth-order valence-corrected chi connectivity index (χ4v) is 1.97. The van der Waals surface area contributed by atoms with Gasteiger partial charge in [0.15, 0.2) is 0 Å². The van der Waals surface area contributed by atoms with E-state index in [-0.39, 0.29) is 18.0 Å². The van der Waals surface area contributed by atoms with Crippen LogP contribution in [0.4, 0.5) is 15.8 Å². The van der Waals surface area contributed by atoms with Crippen LogP contribution in [0.5, 0.6) is 0 Å². The summed E-state index contributed by atoms with van der Waals surface area (Å²) >= 11 is 5.75. The molecule has 104 valence electrons. The molecule has 0 saturated carbocycles. The Morgan fingerprint density at radius 2 is 2.05 bits per heavy atom. The van der Waals surface area contributed by atoms with Gasteiger partial charge in [-0.1, -0.05) is 11.6 Å². The van der Waals surface area contributed by atoms with E-state index in [0.29, 0.717) is 21.8 Å². The van der Waals surface area contributed by atoms with Gasteiger partial charge in [-0.15, -0.1) is 0 Å². The first-order chi connectivity index (χ1) is 9.47. The molecule has 4 nitrogen and oxygen atoms in total. The number of anilines is 1. The molecule has 0 heterocycles. The fraction of sp³-hybridized carbons (Fsp3) is 0.143. The van der Waals surface area contributed by atoms with Crippen LogP contribution in [0.3, 0.4) is 0 Å². The SMILES string of the molecule is Cc1cc(NCc2ccc(Cl)cc2[N+](=O)[O-])ccc1F. The van der Waals surface area contributed by atoms with Crippen LogP contribution in [0.15, 0.2) is 36.4 Å². The molecule has 0 saturated heterocycles. The summed E-state index contributed by atoms with van der Waals surface area (Å²) in [6.07, 6.45) is 0. The van der Waals surface area contributed by atoms with E-state index in [1.807, 2.05) is 0 Å². The maximum atomic E-state index is 13.1. The number of nitrogens with zero attached hydrogens (tertiary/aromatic N) is 1. The number of rotatable bonds is 4. The van der Waals surface area contributed by atoms with Crippen LogP contribution in [0.1, 0.15) is 11.1 Å². The molecule has 0 spiro atoms. The largest absolute Gasteiger partial charge is 0.381 e. The summed E-state index contributed by atoms with van der Waals surface area (Å²) in [5.74, 6) is -0.284. The first kappa shape index (κ1) is 14.3. The zero-order valence-electron chi connectivity index (χ0n) is 10.7. The summed E-state index contributed by atoms with van der Waals surface area (Å²) < 4.78 is 13.1. The van der Waals surface area contributed by atoms with Crippen molar-refractivity contribution in [3.63, 3.8) is 0 Å². The Morgan fingerprint density at radius 1 is 1.30 bits per heavy atom. The zero-order valence-corrected chi connectivity index (χ0v) is 11.4. The van der Waals surface area contributed by atoms with Gasteiger partial charge in [0, 0.05) is 28.9 Å². The number of nitro groups is 1. The quantitative estimate of drug-likeness (QED) is 0.675. The lowest BCUT2D eigenvalue weighted by Gasteiger charge is -2.08. The highest BCUT2D eigenvalue weighted by atomic mass is 35.5. The second-order valence-corrected chi connectivity index (χ2v) is 4.78. The van der Waals surface area contributed by atoms with E-state index in [4.69, 9.17) is 11.6 Å². The lowest BCUT2D eigenvalue weighted by atomic mass is 10.1. The summed E-state index contributed by atoms with van der Waals surface area (Å²) in [7, 11) is 0. The van der Waals surface area contributed by atoms with E-state index in [2.05, 4.69) is 5.32 Å². The van der Waals surface area contributed by atoms with Crippen molar-refractivity contribution in [1.29, 1.82) is 0 Å². The molecule has 0 aliphatic rings. The Morgan fingerprint density at radius 3 is 2.70 bits per heavy atom. The van der Waals surface area contributed by atoms with Crippen LogP contribution in [0.25, 0.3) is 0 Å². The van der Waals surface area contributed by atoms with Gasteiger partial charge in [0.25, 0.3) is 5.69 Å². The lowest BCUT2D eigenvalue weighted by molar-refractivity contribution is -0.385. The van der Waals surface area contributed by atoms with Gasteiger partial charge in [-0.3, -0.25) is 10.1 Å². The standard InChI is InChI=1S/C14H12ClFN2O2/c1-9-6-12(4-5-13(9)16)17-8-10-2-3-11(15)7-14(10)18(19)20/h2-7,17H,8H2,1H3. The van der Waals surface area contributed by atoms with E-state index in [9.17, 15) is 14.5 Å². The Kier molecular flexibility index (Phi) is 4.20. The molecule has 0 unspecified atom stereocenters. The van der Waals surface area contributed by atoms with Crippen LogP contribution in [-0.4, -0.2) is 4.92 Å². The van der Waals surface area contributed by atoms with Crippen molar-refractivity contribution in [3.8, 4) is 0 Å². The van der Waals surface area contributed by atoms with Gasteiger partial charge in [0.05, 0.1) is 4.92 Å². The summed E-state index contributed by atoms with van der Waals surface area (Å²) in [6.45, 7) is 1.92. The summed E-state index contributed by atoms with van der Waals surface area (Å²) in [4.78, 5) is 10.5. The minimum absolute atomic E-state index is 0.0381. The Balaban J connectivity index is 2.18. The van der Waals surface area contributed by atoms with Gasteiger partial charge in [0.2, 0.25) is 0 Å². The average Bonchev–Trinajstić information content (AvgIpc) is 2.41. The van der Waals surface area contributed by atoms with E-state index < -0.39 is 4.92 Å². The third kappa shape index (κ3) is 3.24. The van der Waals surface area contributed by atoms with E-state index >= 15 is 0 Å². The van der Waals surface area contributed by atoms with Crippen molar-refractivity contribution in [2.75, 3.05) is 5.32 Å². The van der Waals surface area contributed by atoms with Crippen LogP contribution in [-0.2, 0) is 6.54 Å². The van der Waals surface area contributed by atoms with Crippen molar-refractivity contribution < 1.29 is 9.31 Å². The van der Waals surface area contributed by atoms with Crippen LogP contribution in [0, 0.1) is 22.9 Å². The molecule has 1 N–H and O–H groups in total. The van der Waals surface area contributed by atoms with Gasteiger partial charge in [0.1, 0.15) is 5.82 Å². The van der Waals surface area contributed by atoms with Gasteiger partial charge in [-0.05, 0) is 42.8 Å². The summed E-state index contributed by atoms with van der Waals surface area (Å²) in [5.41, 5.74) is 1.69. The highest BCUT2D eigenvalue weighted by molar-refractivity contribution is 6.30. The minimum atomic E-state index is -0.473. The number of nitrogens with one attached hydrogen (secondary N) is 1. The number of halogens is 2. The predicted molar refractivity (Wildman–Crippen MR) is 76.6 cm³/mol. The molecule has 0 radical (unpaired) electrons. The summed E-state index contributed by atoms with van der Waals surface area (Å²) in [5, 5.41) is 14.3. The minimum Gasteiger partial charge on any atom is -0.381 e. The topological polar surface area (TPSA) is 55.2 Å². The zero-order chi connectivity index (χ0) is 14.7. The van der Waals surface area contributed by atoms with Crippen molar-refractivity contribution in [2.45, 2.75) is 13.5 Å². The third-order valence-electron chi connectivity index (χ3n) is 2.88. The van der Waals surface area contributed by atoms with Crippen LogP contribution in [0.2, 0.25) is 5.02 Å². The molecule has 2 aromatic rings. The second kappa shape index (κ2) is 5.88. The maximum absolute atomic E-state index is 13.1. The lowest BCUT2D eigenvalue weighted by Crippen LogP contribution is -2.03. The summed E-state index contributed by atoms with van der Waals surface area (Å²) in [6, 6.07) is 9.11. The molecule has 20 heavy (non-hydrogen) atoms. The molecule has 0 fully saturated rings. The predicted octanol–water partition coefficient (Wildman–Crippen LogP) is 4.31. The molecule has 0 atom stereocenters. The Hall–Kier alpha value is -2.14. The maximum Gasteiger partial charge on any atom is 0.275 e. The monoisotopic (exact) mass is 294 g/mol. The van der Waals surface area contributed by atoms with Gasteiger partial charge in [-0.25, -0.2) is 4.39 Å². The van der Waals surface area contributed by atoms with Gasteiger partial charge in [-0.2, -0.15) is 0 Å². The third-order valence-corrected chi connectivity index (χ3v) is 3.12. The number of hydrogen-bond donors (Lipinski definition) is 1. The highest BCUT2D eigenvalue weighted by Crippen LogP contribution is 2.24. The molecular formula is C14H12ClFN2O2. The second-order valence-electron chi connectivity index (χ2n) is 4.35. The van der Waals surface area contributed by atoms with Crippen LogP contribution >= 0.6 is 11.6 Å². The number of aryl methyl sites for hydroxylation is 1.